The molecule has 0 spiro atoms. The van der Waals surface area contributed by atoms with Gasteiger partial charge in [0.2, 0.25) is 0 Å². The van der Waals surface area contributed by atoms with Crippen molar-refractivity contribution in [3.8, 4) is 0 Å². The lowest BCUT2D eigenvalue weighted by molar-refractivity contribution is 0.0398. The van der Waals surface area contributed by atoms with Crippen LogP contribution in [0.5, 0.6) is 0 Å². The minimum Gasteiger partial charge on any atom is -0.379 e. The fourth-order valence-corrected chi connectivity index (χ4v) is 2.62. The zero-order valence-corrected chi connectivity index (χ0v) is 14.4. The topological polar surface area (TPSA) is 79.4 Å². The molecule has 2 N–H and O–H groups in total. The molecule has 7 nitrogen and oxygen atoms in total. The Morgan fingerprint density at radius 2 is 1.96 bits per heavy atom. The third-order valence-electron chi connectivity index (χ3n) is 4.13. The van der Waals surface area contributed by atoms with Crippen LogP contribution < -0.4 is 10.6 Å². The summed E-state index contributed by atoms with van der Waals surface area (Å²) in [5.41, 5.74) is 0.621. The SMILES string of the molecule is O=C(NCc1ccccc1F)c1ccc(NCCN2CCOCC2)nn1. The second kappa shape index (κ2) is 9.21. The Morgan fingerprint density at radius 3 is 2.69 bits per heavy atom. The molecular weight excluding hydrogens is 337 g/mol. The fourth-order valence-electron chi connectivity index (χ4n) is 2.62. The highest BCUT2D eigenvalue weighted by Gasteiger charge is 2.11. The van der Waals surface area contributed by atoms with Gasteiger partial charge in [0.1, 0.15) is 11.6 Å². The lowest BCUT2D eigenvalue weighted by Gasteiger charge is -2.26. The molecule has 2 heterocycles. The first kappa shape index (κ1) is 18.2. The number of carbonyl (C=O) groups is 1. The van der Waals surface area contributed by atoms with E-state index in [-0.39, 0.29) is 24.0 Å². The molecule has 0 bridgehead atoms. The first-order chi connectivity index (χ1) is 12.7. The van der Waals surface area contributed by atoms with Crippen LogP contribution in [0.15, 0.2) is 36.4 Å². The predicted octanol–water partition coefficient (Wildman–Crippen LogP) is 1.29. The van der Waals surface area contributed by atoms with Gasteiger partial charge in [-0.1, -0.05) is 18.2 Å². The molecule has 138 valence electrons. The molecule has 1 amide bonds. The number of anilines is 1. The Hall–Kier alpha value is -2.58. The lowest BCUT2D eigenvalue weighted by Crippen LogP contribution is -2.39. The summed E-state index contributed by atoms with van der Waals surface area (Å²) in [5, 5.41) is 13.8. The zero-order valence-electron chi connectivity index (χ0n) is 14.4. The minimum absolute atomic E-state index is 0.104. The molecule has 8 heteroatoms. The highest BCUT2D eigenvalue weighted by atomic mass is 19.1. The average Bonchev–Trinajstić information content (AvgIpc) is 2.68. The number of aromatic nitrogens is 2. The monoisotopic (exact) mass is 359 g/mol. The van der Waals surface area contributed by atoms with Crippen LogP contribution in [0.1, 0.15) is 16.1 Å². The van der Waals surface area contributed by atoms with E-state index in [0.29, 0.717) is 11.4 Å². The standard InChI is InChI=1S/C18H22FN5O2/c19-15-4-2-1-3-14(15)13-21-18(25)16-5-6-17(23-22-16)20-7-8-24-9-11-26-12-10-24/h1-6H,7-13H2,(H,20,23)(H,21,25). The fraction of sp³-hybridized carbons (Fsp3) is 0.389. The highest BCUT2D eigenvalue weighted by molar-refractivity contribution is 5.92. The molecule has 2 aromatic rings. The van der Waals surface area contributed by atoms with Gasteiger partial charge in [0, 0.05) is 38.3 Å². The van der Waals surface area contributed by atoms with Crippen molar-refractivity contribution in [2.24, 2.45) is 0 Å². The number of hydrogen-bond donors (Lipinski definition) is 2. The number of hydrogen-bond acceptors (Lipinski definition) is 6. The molecule has 3 rings (SSSR count). The summed E-state index contributed by atoms with van der Waals surface area (Å²) >= 11 is 0. The van der Waals surface area contributed by atoms with Gasteiger partial charge >= 0.3 is 0 Å². The van der Waals surface area contributed by atoms with Crippen LogP contribution in [0.4, 0.5) is 10.2 Å². The van der Waals surface area contributed by atoms with Crippen LogP contribution in [-0.2, 0) is 11.3 Å². The van der Waals surface area contributed by atoms with Gasteiger partial charge < -0.3 is 15.4 Å². The maximum Gasteiger partial charge on any atom is 0.272 e. The molecule has 1 aromatic carbocycles. The maximum absolute atomic E-state index is 13.6. The number of benzene rings is 1. The largest absolute Gasteiger partial charge is 0.379 e. The Bertz CT molecular complexity index is 720. The molecule has 26 heavy (non-hydrogen) atoms. The molecule has 1 aromatic heterocycles. The normalized spacial score (nSPS) is 14.8. The summed E-state index contributed by atoms with van der Waals surface area (Å²) in [6.07, 6.45) is 0. The van der Waals surface area contributed by atoms with E-state index < -0.39 is 0 Å². The van der Waals surface area contributed by atoms with Crippen LogP contribution in [0.2, 0.25) is 0 Å². The number of morpholine rings is 1. The van der Waals surface area contributed by atoms with Gasteiger partial charge in [-0.15, -0.1) is 10.2 Å². The highest BCUT2D eigenvalue weighted by Crippen LogP contribution is 2.07. The smallest absolute Gasteiger partial charge is 0.272 e. The van der Waals surface area contributed by atoms with Gasteiger partial charge in [-0.3, -0.25) is 9.69 Å². The van der Waals surface area contributed by atoms with E-state index in [0.717, 1.165) is 39.4 Å². The van der Waals surface area contributed by atoms with E-state index in [1.165, 1.54) is 6.07 Å². The summed E-state index contributed by atoms with van der Waals surface area (Å²) in [7, 11) is 0. The molecule has 1 aliphatic heterocycles. The number of ether oxygens (including phenoxy) is 1. The van der Waals surface area contributed by atoms with Gasteiger partial charge in [-0.2, -0.15) is 0 Å². The number of nitrogens with one attached hydrogen (secondary N) is 2. The first-order valence-corrected chi connectivity index (χ1v) is 8.62. The van der Waals surface area contributed by atoms with E-state index in [9.17, 15) is 9.18 Å². The molecule has 1 aliphatic rings. The van der Waals surface area contributed by atoms with Crippen molar-refractivity contribution in [3.63, 3.8) is 0 Å². The number of nitrogens with zero attached hydrogens (tertiary/aromatic N) is 3. The van der Waals surface area contributed by atoms with Crippen molar-refractivity contribution in [2.75, 3.05) is 44.7 Å². The summed E-state index contributed by atoms with van der Waals surface area (Å²) in [6, 6.07) is 9.63. The summed E-state index contributed by atoms with van der Waals surface area (Å²) in [5.74, 6) is -0.122. The Kier molecular flexibility index (Phi) is 6.45. The first-order valence-electron chi connectivity index (χ1n) is 8.62. The third-order valence-corrected chi connectivity index (χ3v) is 4.13. The number of halogens is 1. The van der Waals surface area contributed by atoms with Gasteiger partial charge in [-0.25, -0.2) is 4.39 Å². The van der Waals surface area contributed by atoms with Crippen molar-refractivity contribution >= 4 is 11.7 Å². The minimum atomic E-state index is -0.388. The van der Waals surface area contributed by atoms with Gasteiger partial charge in [0.25, 0.3) is 5.91 Å². The van der Waals surface area contributed by atoms with Crippen LogP contribution in [0.25, 0.3) is 0 Å². The van der Waals surface area contributed by atoms with Gasteiger partial charge in [0.05, 0.1) is 13.2 Å². The number of amides is 1. The molecule has 0 aliphatic carbocycles. The molecular formula is C18H22FN5O2. The number of rotatable bonds is 7. The Morgan fingerprint density at radius 1 is 1.15 bits per heavy atom. The predicted molar refractivity (Wildman–Crippen MR) is 95.4 cm³/mol. The van der Waals surface area contributed by atoms with Crippen molar-refractivity contribution in [2.45, 2.75) is 6.54 Å². The molecule has 0 radical (unpaired) electrons. The molecule has 1 fully saturated rings. The Labute approximate surface area is 151 Å². The van der Waals surface area contributed by atoms with Crippen LogP contribution in [0, 0.1) is 5.82 Å². The average molecular weight is 359 g/mol. The second-order valence-electron chi connectivity index (χ2n) is 5.96. The summed E-state index contributed by atoms with van der Waals surface area (Å²) in [4.78, 5) is 14.4. The van der Waals surface area contributed by atoms with E-state index in [4.69, 9.17) is 4.74 Å². The summed E-state index contributed by atoms with van der Waals surface area (Å²) in [6.45, 7) is 5.17. The van der Waals surface area contributed by atoms with E-state index in [1.807, 2.05) is 0 Å². The van der Waals surface area contributed by atoms with E-state index in [2.05, 4.69) is 25.7 Å². The quantitative estimate of drug-likeness (QED) is 0.776. The van der Waals surface area contributed by atoms with Crippen LogP contribution >= 0.6 is 0 Å². The lowest BCUT2D eigenvalue weighted by atomic mass is 10.2. The van der Waals surface area contributed by atoms with Crippen molar-refractivity contribution in [1.29, 1.82) is 0 Å². The zero-order chi connectivity index (χ0) is 18.2. The Balaban J connectivity index is 1.44. The second-order valence-corrected chi connectivity index (χ2v) is 5.96. The molecule has 1 saturated heterocycles. The van der Waals surface area contributed by atoms with E-state index in [1.54, 1.807) is 30.3 Å². The van der Waals surface area contributed by atoms with Crippen LogP contribution in [-0.4, -0.2) is 60.4 Å². The number of carbonyl (C=O) groups excluding carboxylic acids is 1. The maximum atomic E-state index is 13.6. The molecule has 0 unspecified atom stereocenters. The summed E-state index contributed by atoms with van der Waals surface area (Å²) < 4.78 is 18.9. The van der Waals surface area contributed by atoms with Gasteiger partial charge in [0.15, 0.2) is 5.69 Å². The van der Waals surface area contributed by atoms with E-state index >= 15 is 0 Å². The van der Waals surface area contributed by atoms with Crippen molar-refractivity contribution in [3.05, 3.63) is 53.5 Å². The molecule has 0 saturated carbocycles. The van der Waals surface area contributed by atoms with Crippen molar-refractivity contribution in [1.82, 2.24) is 20.4 Å². The third kappa shape index (κ3) is 5.21. The van der Waals surface area contributed by atoms with Crippen molar-refractivity contribution < 1.29 is 13.9 Å². The van der Waals surface area contributed by atoms with Crippen LogP contribution in [0.3, 0.4) is 0 Å². The van der Waals surface area contributed by atoms with Gasteiger partial charge in [-0.05, 0) is 18.2 Å². The molecule has 0 atom stereocenters.